The molecule has 2 aromatic rings. The van der Waals surface area contributed by atoms with E-state index in [0.717, 1.165) is 12.1 Å². The van der Waals surface area contributed by atoms with E-state index in [2.05, 4.69) is 70.1 Å². The minimum atomic E-state index is 0.270. The maximum atomic E-state index is 4.50. The summed E-state index contributed by atoms with van der Waals surface area (Å²) in [5.41, 5.74) is 3.71. The van der Waals surface area contributed by atoms with E-state index in [1.165, 1.54) is 14.7 Å². The van der Waals surface area contributed by atoms with E-state index < -0.39 is 0 Å². The summed E-state index contributed by atoms with van der Waals surface area (Å²) >= 11 is 2.33. The molecule has 3 heteroatoms. The molecule has 0 radical (unpaired) electrons. The quantitative estimate of drug-likeness (QED) is 0.852. The maximum Gasteiger partial charge on any atom is 0.0605 e. The SMILES string of the molecule is CNC(Cc1ccc(I)cc1)c1ncccc1C. The van der Waals surface area contributed by atoms with Crippen molar-refractivity contribution in [3.8, 4) is 0 Å². The molecule has 0 fully saturated rings. The van der Waals surface area contributed by atoms with Crippen LogP contribution >= 0.6 is 22.6 Å². The Labute approximate surface area is 122 Å². The average Bonchev–Trinajstić information content (AvgIpc) is 2.39. The lowest BCUT2D eigenvalue weighted by Gasteiger charge is -2.17. The van der Waals surface area contributed by atoms with Crippen LogP contribution in [-0.4, -0.2) is 12.0 Å². The number of halogens is 1. The van der Waals surface area contributed by atoms with Crippen LogP contribution in [0.2, 0.25) is 0 Å². The fraction of sp³-hybridized carbons (Fsp3) is 0.267. The van der Waals surface area contributed by atoms with Gasteiger partial charge in [0.05, 0.1) is 11.7 Å². The molecule has 2 rings (SSSR count). The molecule has 0 spiro atoms. The summed E-state index contributed by atoms with van der Waals surface area (Å²) in [6.45, 7) is 2.11. The van der Waals surface area contributed by atoms with Gasteiger partial charge in [0.2, 0.25) is 0 Å². The van der Waals surface area contributed by atoms with Crippen LogP contribution in [0, 0.1) is 10.5 Å². The highest BCUT2D eigenvalue weighted by Gasteiger charge is 2.13. The third-order valence-corrected chi connectivity index (χ3v) is 3.80. The number of aromatic nitrogens is 1. The van der Waals surface area contributed by atoms with Gasteiger partial charge in [-0.1, -0.05) is 18.2 Å². The van der Waals surface area contributed by atoms with E-state index in [9.17, 15) is 0 Å². The molecule has 0 aliphatic heterocycles. The van der Waals surface area contributed by atoms with Crippen molar-refractivity contribution >= 4 is 22.6 Å². The van der Waals surface area contributed by atoms with Crippen molar-refractivity contribution in [1.82, 2.24) is 10.3 Å². The molecule has 0 saturated heterocycles. The van der Waals surface area contributed by atoms with Crippen molar-refractivity contribution in [2.45, 2.75) is 19.4 Å². The number of hydrogen-bond acceptors (Lipinski definition) is 2. The standard InChI is InChI=1S/C15H17IN2/c1-11-4-3-9-18-15(11)14(17-2)10-12-5-7-13(16)8-6-12/h3-9,14,17H,10H2,1-2H3. The summed E-state index contributed by atoms with van der Waals surface area (Å²) in [4.78, 5) is 4.50. The summed E-state index contributed by atoms with van der Waals surface area (Å²) in [6.07, 6.45) is 2.83. The van der Waals surface area contributed by atoms with Crippen molar-refractivity contribution in [1.29, 1.82) is 0 Å². The Bertz CT molecular complexity index is 508. The molecular weight excluding hydrogens is 335 g/mol. The smallest absolute Gasteiger partial charge is 0.0605 e. The van der Waals surface area contributed by atoms with Gasteiger partial charge in [-0.3, -0.25) is 4.98 Å². The zero-order valence-electron chi connectivity index (χ0n) is 10.7. The van der Waals surface area contributed by atoms with Crippen molar-refractivity contribution in [3.63, 3.8) is 0 Å². The summed E-state index contributed by atoms with van der Waals surface area (Å²) in [5, 5.41) is 3.36. The normalized spacial score (nSPS) is 12.4. The molecule has 1 atom stereocenters. The van der Waals surface area contributed by atoms with Crippen LogP contribution in [0.1, 0.15) is 22.9 Å². The Morgan fingerprint density at radius 1 is 1.22 bits per heavy atom. The van der Waals surface area contributed by atoms with Gasteiger partial charge in [0.25, 0.3) is 0 Å². The lowest BCUT2D eigenvalue weighted by Crippen LogP contribution is -2.21. The second-order valence-electron chi connectivity index (χ2n) is 4.38. The van der Waals surface area contributed by atoms with Gasteiger partial charge in [-0.05, 0) is 72.3 Å². The number of hydrogen-bond donors (Lipinski definition) is 1. The number of likely N-dealkylation sites (N-methyl/N-ethyl adjacent to an activating group) is 1. The Balaban J connectivity index is 2.20. The van der Waals surface area contributed by atoms with Gasteiger partial charge in [0.1, 0.15) is 0 Å². The van der Waals surface area contributed by atoms with Crippen LogP contribution < -0.4 is 5.32 Å². The molecular formula is C15H17IN2. The number of aryl methyl sites for hydroxylation is 1. The molecule has 0 aliphatic carbocycles. The first-order valence-corrected chi connectivity index (χ1v) is 7.12. The third kappa shape index (κ3) is 3.29. The summed E-state index contributed by atoms with van der Waals surface area (Å²) in [5.74, 6) is 0. The first-order valence-electron chi connectivity index (χ1n) is 6.04. The molecule has 1 aromatic carbocycles. The monoisotopic (exact) mass is 352 g/mol. The van der Waals surface area contributed by atoms with Crippen LogP contribution in [0.3, 0.4) is 0 Å². The second-order valence-corrected chi connectivity index (χ2v) is 5.62. The minimum Gasteiger partial charge on any atom is -0.311 e. The van der Waals surface area contributed by atoms with Crippen molar-refractivity contribution in [2.75, 3.05) is 7.05 Å². The zero-order valence-corrected chi connectivity index (χ0v) is 12.8. The highest BCUT2D eigenvalue weighted by molar-refractivity contribution is 14.1. The maximum absolute atomic E-state index is 4.50. The van der Waals surface area contributed by atoms with Crippen LogP contribution in [0.4, 0.5) is 0 Å². The Kier molecular flexibility index (Phi) is 4.72. The van der Waals surface area contributed by atoms with Gasteiger partial charge in [0.15, 0.2) is 0 Å². The summed E-state index contributed by atoms with van der Waals surface area (Å²) in [7, 11) is 1.99. The fourth-order valence-electron chi connectivity index (χ4n) is 2.05. The van der Waals surface area contributed by atoms with E-state index in [-0.39, 0.29) is 6.04 Å². The summed E-state index contributed by atoms with van der Waals surface area (Å²) in [6, 6.07) is 13.0. The predicted octanol–water partition coefficient (Wildman–Crippen LogP) is 3.50. The van der Waals surface area contributed by atoms with E-state index in [4.69, 9.17) is 0 Å². The minimum absolute atomic E-state index is 0.270. The molecule has 0 saturated carbocycles. The number of pyridine rings is 1. The van der Waals surface area contributed by atoms with Crippen molar-refractivity contribution in [3.05, 3.63) is 63.0 Å². The lowest BCUT2D eigenvalue weighted by molar-refractivity contribution is 0.572. The van der Waals surface area contributed by atoms with Gasteiger partial charge in [-0.25, -0.2) is 0 Å². The van der Waals surface area contributed by atoms with Crippen LogP contribution in [-0.2, 0) is 6.42 Å². The molecule has 1 heterocycles. The fourth-order valence-corrected chi connectivity index (χ4v) is 2.41. The molecule has 0 aliphatic rings. The Hall–Kier alpha value is -0.940. The van der Waals surface area contributed by atoms with E-state index in [0.29, 0.717) is 0 Å². The number of nitrogens with zero attached hydrogens (tertiary/aromatic N) is 1. The van der Waals surface area contributed by atoms with Gasteiger partial charge >= 0.3 is 0 Å². The molecule has 0 amide bonds. The molecule has 94 valence electrons. The highest BCUT2D eigenvalue weighted by Crippen LogP contribution is 2.19. The van der Waals surface area contributed by atoms with Crippen molar-refractivity contribution < 1.29 is 0 Å². The number of nitrogens with one attached hydrogen (secondary N) is 1. The van der Waals surface area contributed by atoms with Crippen LogP contribution in [0.15, 0.2) is 42.6 Å². The van der Waals surface area contributed by atoms with Crippen molar-refractivity contribution in [2.24, 2.45) is 0 Å². The summed E-state index contributed by atoms with van der Waals surface area (Å²) < 4.78 is 1.27. The molecule has 1 aromatic heterocycles. The van der Waals surface area contributed by atoms with Crippen LogP contribution in [0.25, 0.3) is 0 Å². The number of rotatable bonds is 4. The van der Waals surface area contributed by atoms with Gasteiger partial charge in [-0.2, -0.15) is 0 Å². The van der Waals surface area contributed by atoms with Gasteiger partial charge < -0.3 is 5.32 Å². The number of benzene rings is 1. The van der Waals surface area contributed by atoms with Crippen LogP contribution in [0.5, 0.6) is 0 Å². The molecule has 2 nitrogen and oxygen atoms in total. The van der Waals surface area contributed by atoms with E-state index in [1.54, 1.807) is 0 Å². The predicted molar refractivity (Wildman–Crippen MR) is 83.6 cm³/mol. The lowest BCUT2D eigenvalue weighted by atomic mass is 10.0. The average molecular weight is 352 g/mol. The molecule has 1 N–H and O–H groups in total. The first-order chi connectivity index (χ1) is 8.70. The topological polar surface area (TPSA) is 24.9 Å². The zero-order chi connectivity index (χ0) is 13.0. The van der Waals surface area contributed by atoms with E-state index >= 15 is 0 Å². The third-order valence-electron chi connectivity index (χ3n) is 3.08. The first kappa shape index (κ1) is 13.5. The van der Waals surface area contributed by atoms with Gasteiger partial charge in [-0.15, -0.1) is 0 Å². The van der Waals surface area contributed by atoms with E-state index in [1.807, 2.05) is 19.3 Å². The molecule has 0 bridgehead atoms. The second kappa shape index (κ2) is 6.29. The molecule has 1 unspecified atom stereocenters. The Morgan fingerprint density at radius 2 is 1.94 bits per heavy atom. The van der Waals surface area contributed by atoms with Gasteiger partial charge in [0, 0.05) is 9.77 Å². The largest absolute Gasteiger partial charge is 0.311 e. The highest BCUT2D eigenvalue weighted by atomic mass is 127. The Morgan fingerprint density at radius 3 is 2.56 bits per heavy atom. The molecule has 18 heavy (non-hydrogen) atoms.